The lowest BCUT2D eigenvalue weighted by Crippen LogP contribution is -2.26. The summed E-state index contributed by atoms with van der Waals surface area (Å²) in [5.41, 5.74) is 2.05. The Labute approximate surface area is 146 Å². The van der Waals surface area contributed by atoms with Gasteiger partial charge in [-0.3, -0.25) is 9.89 Å². The van der Waals surface area contributed by atoms with Gasteiger partial charge in [0.15, 0.2) is 0 Å². The highest BCUT2D eigenvalue weighted by molar-refractivity contribution is 6.03. The molecule has 0 bridgehead atoms. The zero-order chi connectivity index (χ0) is 17.1. The SMILES string of the molecule is O=C(Nc1ccc2cn[nH]c2c1)c1cccc(N2CCCCCC2)n1. The van der Waals surface area contributed by atoms with Gasteiger partial charge in [-0.2, -0.15) is 5.10 Å². The van der Waals surface area contributed by atoms with Crippen LogP contribution in [0.25, 0.3) is 10.9 Å². The predicted octanol–water partition coefficient (Wildman–Crippen LogP) is 3.59. The molecule has 2 N–H and O–H groups in total. The highest BCUT2D eigenvalue weighted by Gasteiger charge is 2.14. The third-order valence-electron chi connectivity index (χ3n) is 4.60. The van der Waals surface area contributed by atoms with E-state index in [9.17, 15) is 4.79 Å². The van der Waals surface area contributed by atoms with E-state index < -0.39 is 0 Å². The van der Waals surface area contributed by atoms with Gasteiger partial charge < -0.3 is 10.2 Å². The van der Waals surface area contributed by atoms with Crippen LogP contribution in [-0.4, -0.2) is 34.2 Å². The van der Waals surface area contributed by atoms with Crippen LogP contribution in [0.5, 0.6) is 0 Å². The number of fused-ring (bicyclic) bond motifs is 1. The van der Waals surface area contributed by atoms with E-state index in [0.29, 0.717) is 5.69 Å². The van der Waals surface area contributed by atoms with E-state index in [1.807, 2.05) is 30.3 Å². The minimum atomic E-state index is -0.199. The van der Waals surface area contributed by atoms with Crippen LogP contribution in [0, 0.1) is 0 Å². The van der Waals surface area contributed by atoms with Gasteiger partial charge in [0.05, 0.1) is 11.7 Å². The van der Waals surface area contributed by atoms with E-state index in [0.717, 1.165) is 35.5 Å². The van der Waals surface area contributed by atoms with Crippen LogP contribution in [0.4, 0.5) is 11.5 Å². The Kier molecular flexibility index (Phi) is 4.33. The number of hydrogen-bond donors (Lipinski definition) is 2. The van der Waals surface area contributed by atoms with Gasteiger partial charge in [-0.1, -0.05) is 18.9 Å². The molecule has 4 rings (SSSR count). The maximum absolute atomic E-state index is 12.6. The minimum Gasteiger partial charge on any atom is -0.357 e. The number of nitrogens with one attached hydrogen (secondary N) is 2. The second-order valence-electron chi connectivity index (χ2n) is 6.41. The molecule has 2 aromatic heterocycles. The number of amides is 1. The number of carbonyl (C=O) groups excluding carboxylic acids is 1. The smallest absolute Gasteiger partial charge is 0.274 e. The molecule has 0 spiro atoms. The van der Waals surface area contributed by atoms with Crippen molar-refractivity contribution in [3.63, 3.8) is 0 Å². The third-order valence-corrected chi connectivity index (χ3v) is 4.60. The summed E-state index contributed by atoms with van der Waals surface area (Å²) in [6.45, 7) is 2.02. The Morgan fingerprint density at radius 3 is 2.76 bits per heavy atom. The maximum atomic E-state index is 12.6. The topological polar surface area (TPSA) is 73.9 Å². The summed E-state index contributed by atoms with van der Waals surface area (Å²) >= 11 is 0. The van der Waals surface area contributed by atoms with Crippen molar-refractivity contribution >= 4 is 28.3 Å². The van der Waals surface area contributed by atoms with Crippen molar-refractivity contribution in [2.75, 3.05) is 23.3 Å². The molecule has 0 aliphatic carbocycles. The second-order valence-corrected chi connectivity index (χ2v) is 6.41. The van der Waals surface area contributed by atoms with Crippen LogP contribution < -0.4 is 10.2 Å². The van der Waals surface area contributed by atoms with E-state index in [1.165, 1.54) is 25.7 Å². The fraction of sp³-hybridized carbons (Fsp3) is 0.316. The molecule has 0 saturated carbocycles. The van der Waals surface area contributed by atoms with Crippen molar-refractivity contribution in [1.82, 2.24) is 15.2 Å². The van der Waals surface area contributed by atoms with Crippen molar-refractivity contribution in [3.05, 3.63) is 48.3 Å². The lowest BCUT2D eigenvalue weighted by molar-refractivity contribution is 0.102. The number of nitrogens with zero attached hydrogens (tertiary/aromatic N) is 3. The molecule has 6 nitrogen and oxygen atoms in total. The summed E-state index contributed by atoms with van der Waals surface area (Å²) < 4.78 is 0. The van der Waals surface area contributed by atoms with Crippen LogP contribution >= 0.6 is 0 Å². The number of aromatic nitrogens is 3. The number of anilines is 2. The van der Waals surface area contributed by atoms with Gasteiger partial charge in [-0.25, -0.2) is 4.98 Å². The van der Waals surface area contributed by atoms with Gasteiger partial charge >= 0.3 is 0 Å². The van der Waals surface area contributed by atoms with Gasteiger partial charge in [0, 0.05) is 24.2 Å². The normalized spacial score (nSPS) is 15.1. The molecule has 0 unspecified atom stereocenters. The molecule has 0 atom stereocenters. The molecular weight excluding hydrogens is 314 g/mol. The highest BCUT2D eigenvalue weighted by Crippen LogP contribution is 2.19. The van der Waals surface area contributed by atoms with Gasteiger partial charge in [0.2, 0.25) is 0 Å². The number of benzene rings is 1. The van der Waals surface area contributed by atoms with Crippen LogP contribution in [0.1, 0.15) is 36.2 Å². The standard InChI is InChI=1S/C19H21N5O/c25-19(21-15-9-8-14-13-20-23-17(14)12-15)16-6-5-7-18(22-16)24-10-3-1-2-4-11-24/h5-9,12-13H,1-4,10-11H2,(H,20,23)(H,21,25). The Hall–Kier alpha value is -2.89. The molecule has 1 saturated heterocycles. The number of H-pyrrole nitrogens is 1. The first-order valence-electron chi connectivity index (χ1n) is 8.76. The monoisotopic (exact) mass is 335 g/mol. The zero-order valence-electron chi connectivity index (χ0n) is 14.0. The highest BCUT2D eigenvalue weighted by atomic mass is 16.1. The van der Waals surface area contributed by atoms with E-state index in [2.05, 4.69) is 25.4 Å². The molecule has 0 radical (unpaired) electrons. The quantitative estimate of drug-likeness (QED) is 0.767. The first-order valence-corrected chi connectivity index (χ1v) is 8.76. The molecule has 3 aromatic rings. The number of carbonyl (C=O) groups is 1. The average molecular weight is 335 g/mol. The molecule has 1 aliphatic rings. The molecule has 1 fully saturated rings. The number of rotatable bonds is 3. The third kappa shape index (κ3) is 3.47. The lowest BCUT2D eigenvalue weighted by atomic mass is 10.2. The fourth-order valence-electron chi connectivity index (χ4n) is 3.24. The molecular formula is C19H21N5O. The van der Waals surface area contributed by atoms with Gasteiger partial charge in [-0.05, 0) is 43.2 Å². The van der Waals surface area contributed by atoms with Crippen LogP contribution in [0.15, 0.2) is 42.6 Å². The maximum Gasteiger partial charge on any atom is 0.274 e. The van der Waals surface area contributed by atoms with E-state index in [1.54, 1.807) is 12.3 Å². The molecule has 6 heteroatoms. The summed E-state index contributed by atoms with van der Waals surface area (Å²) in [6, 6.07) is 11.3. The van der Waals surface area contributed by atoms with Crippen molar-refractivity contribution in [1.29, 1.82) is 0 Å². The number of hydrogen-bond acceptors (Lipinski definition) is 4. The van der Waals surface area contributed by atoms with Crippen molar-refractivity contribution in [3.8, 4) is 0 Å². The van der Waals surface area contributed by atoms with Crippen molar-refractivity contribution < 1.29 is 4.79 Å². The van der Waals surface area contributed by atoms with Crippen molar-refractivity contribution in [2.24, 2.45) is 0 Å². The predicted molar refractivity (Wildman–Crippen MR) is 99.0 cm³/mol. The minimum absolute atomic E-state index is 0.199. The molecule has 3 heterocycles. The Bertz CT molecular complexity index is 880. The Morgan fingerprint density at radius 1 is 1.08 bits per heavy atom. The first kappa shape index (κ1) is 15.6. The van der Waals surface area contributed by atoms with Gasteiger partial charge in [0.1, 0.15) is 11.5 Å². The van der Waals surface area contributed by atoms with E-state index in [4.69, 9.17) is 0 Å². The van der Waals surface area contributed by atoms with Crippen LogP contribution in [0.3, 0.4) is 0 Å². The largest absolute Gasteiger partial charge is 0.357 e. The summed E-state index contributed by atoms with van der Waals surface area (Å²) in [4.78, 5) is 19.4. The van der Waals surface area contributed by atoms with E-state index >= 15 is 0 Å². The summed E-state index contributed by atoms with van der Waals surface area (Å²) in [5, 5.41) is 10.8. The molecule has 25 heavy (non-hydrogen) atoms. The average Bonchev–Trinajstić information content (AvgIpc) is 2.93. The van der Waals surface area contributed by atoms with Crippen molar-refractivity contribution in [2.45, 2.75) is 25.7 Å². The number of aromatic amines is 1. The van der Waals surface area contributed by atoms with Crippen LogP contribution in [-0.2, 0) is 0 Å². The summed E-state index contributed by atoms with van der Waals surface area (Å²) in [5.74, 6) is 0.689. The molecule has 1 aliphatic heterocycles. The number of pyridine rings is 1. The summed E-state index contributed by atoms with van der Waals surface area (Å²) in [7, 11) is 0. The molecule has 128 valence electrons. The first-order chi connectivity index (χ1) is 12.3. The van der Waals surface area contributed by atoms with Crippen LogP contribution in [0.2, 0.25) is 0 Å². The fourth-order valence-corrected chi connectivity index (χ4v) is 3.24. The second kappa shape index (κ2) is 6.93. The summed E-state index contributed by atoms with van der Waals surface area (Å²) in [6.07, 6.45) is 6.66. The molecule has 1 amide bonds. The molecule has 1 aromatic carbocycles. The van der Waals surface area contributed by atoms with E-state index in [-0.39, 0.29) is 5.91 Å². The Balaban J connectivity index is 1.52. The van der Waals surface area contributed by atoms with Gasteiger partial charge in [0.25, 0.3) is 5.91 Å². The zero-order valence-corrected chi connectivity index (χ0v) is 14.0. The Morgan fingerprint density at radius 2 is 1.92 bits per heavy atom. The lowest BCUT2D eigenvalue weighted by Gasteiger charge is -2.21. The van der Waals surface area contributed by atoms with Gasteiger partial charge in [-0.15, -0.1) is 0 Å².